The maximum Gasteiger partial charge on any atom is 0.294 e. The van der Waals surface area contributed by atoms with E-state index in [1.807, 2.05) is 0 Å². The molecule has 1 aromatic rings. The SMILES string of the molecule is C[P+](C)(C)C.C[P+](C)(C)C.O=C([O-])c1cc(C(=O)[O-])cc(S(=O)(=O)O)c1. The Balaban J connectivity index is 0. The molecule has 0 bridgehead atoms. The molecular weight excluding hydrogens is 398 g/mol. The topological polar surface area (TPSA) is 135 Å². The third-order valence-corrected chi connectivity index (χ3v) is 2.51. The Morgan fingerprint density at radius 3 is 1.15 bits per heavy atom. The summed E-state index contributed by atoms with van der Waals surface area (Å²) in [6.45, 7) is 18.4. The van der Waals surface area contributed by atoms with Gasteiger partial charge in [0.15, 0.2) is 0 Å². The Kier molecular flexibility index (Phi) is 10.8. The average molecular weight is 426 g/mol. The Morgan fingerprint density at radius 2 is 1.00 bits per heavy atom. The molecule has 26 heavy (non-hydrogen) atoms. The van der Waals surface area contributed by atoms with Crippen LogP contribution < -0.4 is 10.2 Å². The van der Waals surface area contributed by atoms with E-state index in [9.17, 15) is 28.2 Å². The highest BCUT2D eigenvalue weighted by molar-refractivity contribution is 7.85. The summed E-state index contributed by atoms with van der Waals surface area (Å²) in [4.78, 5) is 20.1. The fourth-order valence-electron chi connectivity index (χ4n) is 0.984. The predicted octanol–water partition coefficient (Wildman–Crippen LogP) is 0.707. The van der Waals surface area contributed by atoms with Gasteiger partial charge in [-0.1, -0.05) is 0 Å². The molecule has 0 aromatic heterocycles. The second kappa shape index (κ2) is 10.3. The maximum atomic E-state index is 10.7. The van der Waals surface area contributed by atoms with E-state index in [0.717, 1.165) is 0 Å². The molecule has 0 heterocycles. The van der Waals surface area contributed by atoms with Gasteiger partial charge in [-0.25, -0.2) is 0 Å². The zero-order chi connectivity index (χ0) is 21.5. The Bertz CT molecular complexity index is 674. The molecule has 0 spiro atoms. The molecule has 0 saturated carbocycles. The first-order valence-corrected chi connectivity index (χ1v) is 15.9. The van der Waals surface area contributed by atoms with Gasteiger partial charge < -0.3 is 19.8 Å². The molecule has 0 amide bonds. The number of carbonyl (C=O) groups is 2. The second-order valence-electron chi connectivity index (χ2n) is 8.16. The van der Waals surface area contributed by atoms with Crippen LogP contribution in [0.1, 0.15) is 20.7 Å². The molecule has 150 valence electrons. The number of rotatable bonds is 3. The molecule has 0 saturated heterocycles. The zero-order valence-corrected chi connectivity index (χ0v) is 19.0. The summed E-state index contributed by atoms with van der Waals surface area (Å²) in [5.74, 6) is -3.54. The number of carbonyl (C=O) groups excluding carboxylic acids is 2. The first kappa shape index (κ1) is 27.2. The molecule has 0 aliphatic heterocycles. The van der Waals surface area contributed by atoms with Crippen LogP contribution in [0.3, 0.4) is 0 Å². The van der Waals surface area contributed by atoms with E-state index in [2.05, 4.69) is 53.3 Å². The van der Waals surface area contributed by atoms with Gasteiger partial charge in [-0.2, -0.15) is 8.42 Å². The highest BCUT2D eigenvalue weighted by Crippen LogP contribution is 2.40. The summed E-state index contributed by atoms with van der Waals surface area (Å²) in [6, 6.07) is 1.83. The van der Waals surface area contributed by atoms with Gasteiger partial charge in [0.05, 0.1) is 16.8 Å². The minimum Gasteiger partial charge on any atom is -0.545 e. The standard InChI is InChI=1S/C8H6O7S.2C4H12P/c9-7(10)4-1-5(8(11)12)3-6(2-4)16(13,14)15;2*1-5(2,3)4/h1-3H,(H,9,10)(H,11,12)(H,13,14,15);2*1-4H3/q;2*+1/p-2. The summed E-state index contributed by atoms with van der Waals surface area (Å²) < 4.78 is 30.1. The largest absolute Gasteiger partial charge is 0.545 e. The number of aromatic carboxylic acids is 2. The van der Waals surface area contributed by atoms with Crippen LogP contribution in [-0.4, -0.2) is 78.2 Å². The van der Waals surface area contributed by atoms with Crippen molar-refractivity contribution >= 4 is 36.6 Å². The zero-order valence-electron chi connectivity index (χ0n) is 16.4. The molecule has 0 radical (unpaired) electrons. The average Bonchev–Trinajstić information content (AvgIpc) is 2.32. The molecule has 1 N–H and O–H groups in total. The van der Waals surface area contributed by atoms with Crippen LogP contribution in [0.2, 0.25) is 0 Å². The van der Waals surface area contributed by atoms with Crippen molar-refractivity contribution in [2.45, 2.75) is 4.90 Å². The monoisotopic (exact) mass is 426 g/mol. The van der Waals surface area contributed by atoms with Crippen LogP contribution in [0.5, 0.6) is 0 Å². The minimum atomic E-state index is -4.70. The molecule has 10 heteroatoms. The van der Waals surface area contributed by atoms with Gasteiger partial charge in [0.2, 0.25) is 0 Å². The van der Waals surface area contributed by atoms with E-state index in [4.69, 9.17) is 4.55 Å². The number of carboxylic acids is 2. The van der Waals surface area contributed by atoms with Crippen LogP contribution in [0.4, 0.5) is 0 Å². The lowest BCUT2D eigenvalue weighted by Crippen LogP contribution is -2.26. The predicted molar refractivity (Wildman–Crippen MR) is 106 cm³/mol. The normalized spacial score (nSPS) is 11.4. The van der Waals surface area contributed by atoms with E-state index in [-0.39, 0.29) is 14.5 Å². The van der Waals surface area contributed by atoms with Crippen LogP contribution in [-0.2, 0) is 10.1 Å². The van der Waals surface area contributed by atoms with Crippen molar-refractivity contribution in [3.8, 4) is 0 Å². The first-order valence-electron chi connectivity index (χ1n) is 7.35. The molecule has 1 rings (SSSR count). The third-order valence-electron chi connectivity index (χ3n) is 1.68. The molecule has 0 fully saturated rings. The lowest BCUT2D eigenvalue weighted by molar-refractivity contribution is -0.255. The molecule has 7 nitrogen and oxygen atoms in total. The van der Waals surface area contributed by atoms with Gasteiger partial charge in [0.25, 0.3) is 10.1 Å². The van der Waals surface area contributed by atoms with Crippen molar-refractivity contribution in [2.75, 3.05) is 53.3 Å². The summed E-state index contributed by atoms with van der Waals surface area (Å²) in [5, 5.41) is 20.9. The van der Waals surface area contributed by atoms with Gasteiger partial charge in [-0.15, -0.1) is 0 Å². The summed E-state index contributed by atoms with van der Waals surface area (Å²) in [6.07, 6.45) is 0. The quantitative estimate of drug-likeness (QED) is 0.555. The van der Waals surface area contributed by atoms with E-state index < -0.39 is 38.1 Å². The Labute approximate surface area is 157 Å². The van der Waals surface area contributed by atoms with Gasteiger partial charge in [0, 0.05) is 67.8 Å². The van der Waals surface area contributed by atoms with Crippen molar-refractivity contribution in [2.24, 2.45) is 0 Å². The summed E-state index contributed by atoms with van der Waals surface area (Å²) >= 11 is 0. The highest BCUT2D eigenvalue weighted by Gasteiger charge is 2.13. The number of benzene rings is 1. The summed E-state index contributed by atoms with van der Waals surface area (Å²) in [7, 11) is -5.47. The smallest absolute Gasteiger partial charge is 0.294 e. The third kappa shape index (κ3) is 17.7. The molecular formula is C16H28O7P2S. The van der Waals surface area contributed by atoms with Crippen molar-refractivity contribution in [1.29, 1.82) is 0 Å². The van der Waals surface area contributed by atoms with Crippen molar-refractivity contribution in [3.63, 3.8) is 0 Å². The van der Waals surface area contributed by atoms with Gasteiger partial charge >= 0.3 is 0 Å². The van der Waals surface area contributed by atoms with E-state index >= 15 is 0 Å². The van der Waals surface area contributed by atoms with Crippen molar-refractivity contribution < 1.29 is 32.8 Å². The number of hydrogen-bond acceptors (Lipinski definition) is 6. The fourth-order valence-corrected chi connectivity index (χ4v) is 1.54. The fraction of sp³-hybridized carbons (Fsp3) is 0.500. The minimum absolute atomic E-state index is 0.389. The number of carboxylic acid groups (broad SMARTS) is 2. The lowest BCUT2D eigenvalue weighted by Gasteiger charge is -2.09. The van der Waals surface area contributed by atoms with Crippen LogP contribution in [0, 0.1) is 0 Å². The molecule has 0 aliphatic rings. The van der Waals surface area contributed by atoms with E-state index in [1.54, 1.807) is 0 Å². The van der Waals surface area contributed by atoms with Crippen molar-refractivity contribution in [1.82, 2.24) is 0 Å². The van der Waals surface area contributed by atoms with Crippen molar-refractivity contribution in [3.05, 3.63) is 29.3 Å². The lowest BCUT2D eigenvalue weighted by atomic mass is 10.1. The van der Waals surface area contributed by atoms with Crippen LogP contribution >= 0.6 is 14.5 Å². The van der Waals surface area contributed by atoms with E-state index in [0.29, 0.717) is 18.2 Å². The van der Waals surface area contributed by atoms with Gasteiger partial charge in [-0.3, -0.25) is 4.55 Å². The van der Waals surface area contributed by atoms with Crippen LogP contribution in [0.25, 0.3) is 0 Å². The molecule has 0 unspecified atom stereocenters. The Morgan fingerprint density at radius 1 is 0.769 bits per heavy atom. The first-order chi connectivity index (χ1) is 11.2. The molecule has 1 aromatic carbocycles. The van der Waals surface area contributed by atoms with Crippen LogP contribution in [0.15, 0.2) is 23.1 Å². The van der Waals surface area contributed by atoms with Gasteiger partial charge in [0.1, 0.15) is 0 Å². The summed E-state index contributed by atoms with van der Waals surface area (Å²) in [5.41, 5.74) is -1.37. The molecule has 0 atom stereocenters. The van der Waals surface area contributed by atoms with Gasteiger partial charge in [-0.05, 0) is 29.3 Å². The highest BCUT2D eigenvalue weighted by atomic mass is 32.2. The maximum absolute atomic E-state index is 10.7. The Hall–Kier alpha value is -1.07. The molecule has 0 aliphatic carbocycles. The van der Waals surface area contributed by atoms with E-state index in [1.165, 1.54) is 0 Å². The second-order valence-corrected chi connectivity index (χ2v) is 20.3. The number of hydrogen-bond donors (Lipinski definition) is 1.